The predicted octanol–water partition coefficient (Wildman–Crippen LogP) is 3.41. The van der Waals surface area contributed by atoms with Crippen LogP contribution in [0.5, 0.6) is 0 Å². The predicted molar refractivity (Wildman–Crippen MR) is 111 cm³/mol. The largest absolute Gasteiger partial charge is 0.319 e. The summed E-state index contributed by atoms with van der Waals surface area (Å²) in [6.07, 6.45) is 3.41. The second kappa shape index (κ2) is 6.54. The second-order valence-electron chi connectivity index (χ2n) is 6.40. The van der Waals surface area contributed by atoms with Crippen LogP contribution in [0, 0.1) is 0 Å². The van der Waals surface area contributed by atoms with Gasteiger partial charge < -0.3 is 4.98 Å². The Bertz CT molecular complexity index is 1430. The van der Waals surface area contributed by atoms with Crippen LogP contribution < -0.4 is 11.1 Å². The molecule has 28 heavy (non-hydrogen) atoms. The van der Waals surface area contributed by atoms with Gasteiger partial charge in [0.25, 0.3) is 11.1 Å². The highest BCUT2D eigenvalue weighted by Crippen LogP contribution is 2.28. The molecular weight excluding hydrogens is 372 g/mol. The molecule has 0 radical (unpaired) electrons. The Balaban J connectivity index is 1.71. The molecule has 3 heterocycles. The zero-order valence-corrected chi connectivity index (χ0v) is 15.4. The van der Waals surface area contributed by atoms with Crippen LogP contribution in [0.15, 0.2) is 76.6 Å². The number of benzene rings is 2. The lowest BCUT2D eigenvalue weighted by atomic mass is 10.1. The van der Waals surface area contributed by atoms with Gasteiger partial charge in [-0.2, -0.15) is 0 Å². The van der Waals surface area contributed by atoms with E-state index in [2.05, 4.69) is 15.0 Å². The van der Waals surface area contributed by atoms with Gasteiger partial charge in [0.15, 0.2) is 0 Å². The Hall–Kier alpha value is -3.58. The molecule has 0 aliphatic rings. The van der Waals surface area contributed by atoms with Gasteiger partial charge in [-0.05, 0) is 35.9 Å². The average molecular weight is 386 g/mol. The van der Waals surface area contributed by atoms with Gasteiger partial charge in [-0.3, -0.25) is 18.5 Å². The summed E-state index contributed by atoms with van der Waals surface area (Å²) in [5.41, 5.74) is 3.03. The fraction of sp³-hybridized carbons (Fsp3) is 0.0476. The van der Waals surface area contributed by atoms with Crippen molar-refractivity contribution < 1.29 is 0 Å². The number of H-pyrrole nitrogens is 1. The number of aromatic nitrogens is 4. The van der Waals surface area contributed by atoms with Crippen LogP contribution in [-0.4, -0.2) is 18.9 Å². The molecule has 0 saturated heterocycles. The van der Waals surface area contributed by atoms with E-state index in [0.717, 1.165) is 10.3 Å². The molecule has 0 aliphatic heterocycles. The third-order valence-corrected chi connectivity index (χ3v) is 5.74. The van der Waals surface area contributed by atoms with Crippen molar-refractivity contribution in [2.24, 2.45) is 0 Å². The van der Waals surface area contributed by atoms with Crippen LogP contribution in [0.3, 0.4) is 0 Å². The van der Waals surface area contributed by atoms with Crippen LogP contribution in [-0.2, 0) is 6.54 Å². The number of fused-ring (bicyclic) bond motifs is 2. The molecule has 7 heteroatoms. The first-order valence-electron chi connectivity index (χ1n) is 8.72. The lowest BCUT2D eigenvalue weighted by molar-refractivity contribution is 0.852. The Morgan fingerprint density at radius 2 is 1.79 bits per heavy atom. The van der Waals surface area contributed by atoms with Crippen molar-refractivity contribution in [2.75, 3.05) is 0 Å². The van der Waals surface area contributed by atoms with Gasteiger partial charge in [-0.15, -0.1) is 0 Å². The van der Waals surface area contributed by atoms with Crippen LogP contribution in [0.4, 0.5) is 0 Å². The van der Waals surface area contributed by atoms with Gasteiger partial charge in [-0.1, -0.05) is 35.8 Å². The molecule has 0 saturated carbocycles. The fourth-order valence-corrected chi connectivity index (χ4v) is 4.38. The topological polar surface area (TPSA) is 80.6 Å². The molecule has 6 nitrogen and oxygen atoms in total. The van der Waals surface area contributed by atoms with Gasteiger partial charge in [0.1, 0.15) is 5.69 Å². The van der Waals surface area contributed by atoms with E-state index in [9.17, 15) is 9.59 Å². The standard InChI is InChI=1S/C21H14N4O2S/c26-20-18(23-16-6-1-2-7-17(16)24-20)14-4-3-5-15-19(14)28-25(21(15)27)12-13-8-10-22-11-9-13/h1-11H,12H2,(H,24,26). The second-order valence-corrected chi connectivity index (χ2v) is 7.43. The number of hydrogen-bond donors (Lipinski definition) is 1. The van der Waals surface area contributed by atoms with E-state index >= 15 is 0 Å². The highest BCUT2D eigenvalue weighted by atomic mass is 32.1. The molecule has 0 bridgehead atoms. The number of pyridine rings is 1. The van der Waals surface area contributed by atoms with Gasteiger partial charge in [0.05, 0.1) is 27.7 Å². The van der Waals surface area contributed by atoms with Gasteiger partial charge in [0.2, 0.25) is 0 Å². The van der Waals surface area contributed by atoms with Gasteiger partial charge >= 0.3 is 0 Å². The normalized spacial score (nSPS) is 11.3. The summed E-state index contributed by atoms with van der Waals surface area (Å²) in [7, 11) is 0. The van der Waals surface area contributed by atoms with Crippen molar-refractivity contribution in [1.29, 1.82) is 0 Å². The van der Waals surface area contributed by atoms with E-state index in [1.807, 2.05) is 42.5 Å². The summed E-state index contributed by atoms with van der Waals surface area (Å²) in [6.45, 7) is 0.460. The SMILES string of the molecule is O=c1[nH]c2ccccc2nc1-c1cccc2c(=O)n(Cc3ccncc3)sc12. The number of rotatable bonds is 3. The lowest BCUT2D eigenvalue weighted by Crippen LogP contribution is -2.13. The van der Waals surface area contributed by atoms with Crippen molar-refractivity contribution in [2.45, 2.75) is 6.54 Å². The van der Waals surface area contributed by atoms with E-state index in [-0.39, 0.29) is 11.1 Å². The first kappa shape index (κ1) is 16.6. The molecule has 136 valence electrons. The summed E-state index contributed by atoms with van der Waals surface area (Å²) in [5, 5.41) is 0.589. The highest BCUT2D eigenvalue weighted by molar-refractivity contribution is 7.14. The zero-order valence-electron chi connectivity index (χ0n) is 14.6. The Morgan fingerprint density at radius 3 is 2.64 bits per heavy atom. The van der Waals surface area contributed by atoms with Crippen LogP contribution in [0.1, 0.15) is 5.56 Å². The minimum atomic E-state index is -0.271. The summed E-state index contributed by atoms with van der Waals surface area (Å²) in [4.78, 5) is 37.0. The Morgan fingerprint density at radius 1 is 0.964 bits per heavy atom. The summed E-state index contributed by atoms with van der Waals surface area (Å²) >= 11 is 1.35. The molecule has 1 N–H and O–H groups in total. The van der Waals surface area contributed by atoms with E-state index in [0.29, 0.717) is 34.2 Å². The first-order chi connectivity index (χ1) is 13.7. The highest BCUT2D eigenvalue weighted by Gasteiger charge is 2.16. The van der Waals surface area contributed by atoms with Crippen molar-refractivity contribution in [3.63, 3.8) is 0 Å². The van der Waals surface area contributed by atoms with E-state index in [1.165, 1.54) is 11.5 Å². The Kier molecular flexibility index (Phi) is 3.87. The van der Waals surface area contributed by atoms with E-state index in [1.54, 1.807) is 28.5 Å². The molecule has 3 aromatic heterocycles. The lowest BCUT2D eigenvalue weighted by Gasteiger charge is -2.03. The molecule has 0 aliphatic carbocycles. The zero-order chi connectivity index (χ0) is 19.1. The first-order valence-corrected chi connectivity index (χ1v) is 9.49. The van der Waals surface area contributed by atoms with Crippen molar-refractivity contribution in [3.05, 3.63) is 93.3 Å². The minimum Gasteiger partial charge on any atom is -0.319 e. The number of para-hydroxylation sites is 2. The van der Waals surface area contributed by atoms with Crippen LogP contribution >= 0.6 is 11.5 Å². The molecule has 0 spiro atoms. The molecular formula is C21H14N4O2S. The third kappa shape index (κ3) is 2.73. The fourth-order valence-electron chi connectivity index (χ4n) is 3.25. The summed E-state index contributed by atoms with van der Waals surface area (Å²) in [6, 6.07) is 16.6. The number of nitrogens with zero attached hydrogens (tertiary/aromatic N) is 3. The van der Waals surface area contributed by atoms with Crippen molar-refractivity contribution in [3.8, 4) is 11.3 Å². The summed E-state index contributed by atoms with van der Waals surface area (Å²) < 4.78 is 2.45. The van der Waals surface area contributed by atoms with Gasteiger partial charge in [-0.25, -0.2) is 4.98 Å². The molecule has 0 unspecified atom stereocenters. The minimum absolute atomic E-state index is 0.0733. The monoisotopic (exact) mass is 386 g/mol. The smallest absolute Gasteiger partial charge is 0.275 e. The number of hydrogen-bond acceptors (Lipinski definition) is 5. The molecule has 5 aromatic rings. The molecule has 5 rings (SSSR count). The van der Waals surface area contributed by atoms with Crippen molar-refractivity contribution >= 4 is 32.7 Å². The van der Waals surface area contributed by atoms with Crippen LogP contribution in [0.25, 0.3) is 32.4 Å². The third-order valence-electron chi connectivity index (χ3n) is 4.60. The maximum Gasteiger partial charge on any atom is 0.275 e. The maximum atomic E-state index is 12.9. The Labute approximate surface area is 162 Å². The summed E-state index contributed by atoms with van der Waals surface area (Å²) in [5.74, 6) is 0. The average Bonchev–Trinajstić information content (AvgIpc) is 3.04. The number of aromatic amines is 1. The molecule has 0 fully saturated rings. The maximum absolute atomic E-state index is 12.9. The van der Waals surface area contributed by atoms with E-state index < -0.39 is 0 Å². The van der Waals surface area contributed by atoms with Crippen molar-refractivity contribution in [1.82, 2.24) is 18.9 Å². The van der Waals surface area contributed by atoms with E-state index in [4.69, 9.17) is 0 Å². The quantitative estimate of drug-likeness (QED) is 0.515. The van der Waals surface area contributed by atoms with Gasteiger partial charge in [0, 0.05) is 18.0 Å². The number of nitrogens with one attached hydrogen (secondary N) is 1. The molecule has 0 amide bonds. The molecule has 2 aromatic carbocycles. The molecule has 0 atom stereocenters. The van der Waals surface area contributed by atoms with Crippen LogP contribution in [0.2, 0.25) is 0 Å².